The van der Waals surface area contributed by atoms with Gasteiger partial charge in [-0.15, -0.1) is 0 Å². The van der Waals surface area contributed by atoms with Crippen LogP contribution in [0.25, 0.3) is 66.1 Å². The van der Waals surface area contributed by atoms with Crippen molar-refractivity contribution in [2.45, 2.75) is 12.3 Å². The van der Waals surface area contributed by atoms with Crippen molar-refractivity contribution >= 4 is 38.6 Å². The smallest absolute Gasteiger partial charge is 0.0462 e. The van der Waals surface area contributed by atoms with Crippen LogP contribution < -0.4 is 4.90 Å². The second-order valence-corrected chi connectivity index (χ2v) is 15.8. The molecule has 0 radical (unpaired) electrons. The molecule has 1 aliphatic rings. The number of rotatable bonds is 7. The van der Waals surface area contributed by atoms with E-state index < -0.39 is 0 Å². The van der Waals surface area contributed by atoms with Gasteiger partial charge in [0.15, 0.2) is 0 Å². The summed E-state index contributed by atoms with van der Waals surface area (Å²) in [6.45, 7) is 2.38. The highest BCUT2D eigenvalue weighted by molar-refractivity contribution is 5.99. The maximum Gasteiger partial charge on any atom is 0.0462 e. The van der Waals surface area contributed by atoms with E-state index in [1.807, 2.05) is 0 Å². The minimum Gasteiger partial charge on any atom is -0.311 e. The minimum atomic E-state index is -0.240. The van der Waals surface area contributed by atoms with Crippen LogP contribution in [-0.4, -0.2) is 0 Å². The maximum atomic E-state index is 2.38. The third-order valence-electron chi connectivity index (χ3n) is 12.6. The molecule has 0 saturated heterocycles. The lowest BCUT2D eigenvalue weighted by Crippen LogP contribution is -2.22. The first-order valence-electron chi connectivity index (χ1n) is 20.5. The monoisotopic (exact) mass is 751 g/mol. The van der Waals surface area contributed by atoms with Gasteiger partial charge in [-0.3, -0.25) is 0 Å². The van der Waals surface area contributed by atoms with Crippen LogP contribution in [0.15, 0.2) is 231 Å². The Morgan fingerprint density at radius 3 is 1.25 bits per heavy atom. The van der Waals surface area contributed by atoms with Crippen LogP contribution in [-0.2, 0) is 5.41 Å². The van der Waals surface area contributed by atoms with Crippen LogP contribution >= 0.6 is 0 Å². The summed E-state index contributed by atoms with van der Waals surface area (Å²) >= 11 is 0. The number of benzene rings is 10. The average Bonchev–Trinajstić information content (AvgIpc) is 3.58. The fraction of sp³-hybridized carbons (Fsp3) is 0.0345. The number of fused-ring (bicyclic) bond motifs is 5. The van der Waals surface area contributed by atoms with Crippen molar-refractivity contribution in [3.63, 3.8) is 0 Å². The fourth-order valence-electron chi connectivity index (χ4n) is 9.64. The Hall–Kier alpha value is -7.48. The molecule has 278 valence electrons. The van der Waals surface area contributed by atoms with E-state index in [1.54, 1.807) is 0 Å². The van der Waals surface area contributed by atoms with Gasteiger partial charge in [-0.2, -0.15) is 0 Å². The molecule has 0 saturated carbocycles. The van der Waals surface area contributed by atoms with Crippen molar-refractivity contribution in [1.29, 1.82) is 0 Å². The molecule has 0 amide bonds. The van der Waals surface area contributed by atoms with Crippen LogP contribution in [0.5, 0.6) is 0 Å². The van der Waals surface area contributed by atoms with E-state index in [-0.39, 0.29) is 5.41 Å². The molecule has 1 aliphatic carbocycles. The molecule has 1 atom stereocenters. The zero-order chi connectivity index (χ0) is 39.3. The van der Waals surface area contributed by atoms with E-state index in [9.17, 15) is 0 Å². The van der Waals surface area contributed by atoms with Gasteiger partial charge in [0.1, 0.15) is 0 Å². The Morgan fingerprint density at radius 1 is 0.305 bits per heavy atom. The molecule has 0 aliphatic heterocycles. The molecule has 0 aromatic heterocycles. The molecule has 10 aromatic carbocycles. The van der Waals surface area contributed by atoms with Crippen molar-refractivity contribution in [2.75, 3.05) is 4.90 Å². The van der Waals surface area contributed by atoms with Crippen molar-refractivity contribution in [2.24, 2.45) is 0 Å². The van der Waals surface area contributed by atoms with E-state index in [2.05, 4.69) is 242 Å². The zero-order valence-electron chi connectivity index (χ0n) is 32.9. The first-order valence-corrected chi connectivity index (χ1v) is 20.5. The number of anilines is 3. The number of hydrogen-bond donors (Lipinski definition) is 0. The lowest BCUT2D eigenvalue weighted by Gasteiger charge is -2.28. The second-order valence-electron chi connectivity index (χ2n) is 15.8. The quantitative estimate of drug-likeness (QED) is 0.157. The van der Waals surface area contributed by atoms with Crippen LogP contribution in [0, 0.1) is 0 Å². The van der Waals surface area contributed by atoms with Crippen molar-refractivity contribution < 1.29 is 0 Å². The molecular weight excluding hydrogens is 711 g/mol. The topological polar surface area (TPSA) is 3.24 Å². The van der Waals surface area contributed by atoms with Gasteiger partial charge in [0.25, 0.3) is 0 Å². The summed E-state index contributed by atoms with van der Waals surface area (Å²) < 4.78 is 0. The lowest BCUT2D eigenvalue weighted by atomic mass is 9.74. The van der Waals surface area contributed by atoms with E-state index in [4.69, 9.17) is 0 Å². The van der Waals surface area contributed by atoms with Gasteiger partial charge in [-0.1, -0.05) is 194 Å². The first kappa shape index (κ1) is 34.7. The standard InChI is InChI=1S/C58H41N/c1-58(45-18-3-2-4-19-45)55-26-10-9-22-54(55)57-53(25-13-27-56(57)58)44-32-38-48(39-33-44)59(46-34-28-42(29-35-46)51-23-11-16-40-14-5-7-20-49(40)51)47-36-30-43(31-37-47)52-24-12-17-41-15-6-8-21-50(41)52/h2-39H,1H3. The summed E-state index contributed by atoms with van der Waals surface area (Å²) in [6.07, 6.45) is 0. The Balaban J connectivity index is 1.01. The van der Waals surface area contributed by atoms with Gasteiger partial charge in [0, 0.05) is 22.5 Å². The lowest BCUT2D eigenvalue weighted by molar-refractivity contribution is 0.714. The van der Waals surface area contributed by atoms with Gasteiger partial charge < -0.3 is 4.90 Å². The summed E-state index contributed by atoms with van der Waals surface area (Å²) in [5.74, 6) is 0. The summed E-state index contributed by atoms with van der Waals surface area (Å²) in [5.41, 5.74) is 17.1. The summed E-state index contributed by atoms with van der Waals surface area (Å²) in [4.78, 5) is 2.38. The van der Waals surface area contributed by atoms with Gasteiger partial charge in [0.2, 0.25) is 0 Å². The Kier molecular flexibility index (Phi) is 8.34. The van der Waals surface area contributed by atoms with Crippen molar-refractivity contribution in [3.05, 3.63) is 247 Å². The number of nitrogens with zero attached hydrogens (tertiary/aromatic N) is 1. The Bertz CT molecular complexity index is 3010. The highest BCUT2D eigenvalue weighted by Gasteiger charge is 2.41. The Morgan fingerprint density at radius 2 is 0.695 bits per heavy atom. The predicted octanol–water partition coefficient (Wildman–Crippen LogP) is 15.8. The molecule has 1 heteroatoms. The van der Waals surface area contributed by atoms with Crippen molar-refractivity contribution in [3.8, 4) is 44.5 Å². The van der Waals surface area contributed by atoms with Gasteiger partial charge in [-0.25, -0.2) is 0 Å². The molecule has 10 aromatic rings. The van der Waals surface area contributed by atoms with Gasteiger partial charge in [0.05, 0.1) is 0 Å². The molecule has 0 fully saturated rings. The molecule has 0 N–H and O–H groups in total. The molecule has 11 rings (SSSR count). The van der Waals surface area contributed by atoms with Gasteiger partial charge >= 0.3 is 0 Å². The molecule has 0 bridgehead atoms. The van der Waals surface area contributed by atoms with Crippen molar-refractivity contribution in [1.82, 2.24) is 0 Å². The molecule has 59 heavy (non-hydrogen) atoms. The van der Waals surface area contributed by atoms with E-state index in [1.165, 1.54) is 82.7 Å². The third kappa shape index (κ3) is 5.77. The van der Waals surface area contributed by atoms with Gasteiger partial charge in [-0.05, 0) is 126 Å². The first-order chi connectivity index (χ1) is 29.1. The Labute approximate surface area is 346 Å². The molecule has 0 spiro atoms. The van der Waals surface area contributed by atoms with Crippen LogP contribution in [0.1, 0.15) is 23.6 Å². The normalized spacial score (nSPS) is 14.3. The highest BCUT2D eigenvalue weighted by Crippen LogP contribution is 2.55. The average molecular weight is 752 g/mol. The maximum absolute atomic E-state index is 2.38. The SMILES string of the molecule is CC1(c2ccccc2)c2ccccc2-c2c(-c3ccc(N(c4ccc(-c5cccc6ccccc56)cc4)c4ccc(-c5cccc6ccccc56)cc4)cc3)cccc21. The molecule has 1 unspecified atom stereocenters. The number of hydrogen-bond acceptors (Lipinski definition) is 1. The summed E-state index contributed by atoms with van der Waals surface area (Å²) in [6, 6.07) is 84.4. The molecule has 1 nitrogen and oxygen atoms in total. The predicted molar refractivity (Wildman–Crippen MR) is 250 cm³/mol. The second kappa shape index (κ2) is 14.2. The van der Waals surface area contributed by atoms with E-state index in [0.717, 1.165) is 17.1 Å². The third-order valence-corrected chi connectivity index (χ3v) is 12.6. The highest BCUT2D eigenvalue weighted by atomic mass is 15.1. The fourth-order valence-corrected chi connectivity index (χ4v) is 9.64. The summed E-state index contributed by atoms with van der Waals surface area (Å²) in [5, 5.41) is 5.02. The van der Waals surface area contributed by atoms with E-state index in [0.29, 0.717) is 0 Å². The molecular formula is C58H41N. The van der Waals surface area contributed by atoms with E-state index >= 15 is 0 Å². The van der Waals surface area contributed by atoms with Crippen LogP contribution in [0.4, 0.5) is 17.1 Å². The molecule has 0 heterocycles. The van der Waals surface area contributed by atoms with Crippen LogP contribution in [0.2, 0.25) is 0 Å². The zero-order valence-corrected chi connectivity index (χ0v) is 32.9. The minimum absolute atomic E-state index is 0.240. The largest absolute Gasteiger partial charge is 0.311 e. The summed E-state index contributed by atoms with van der Waals surface area (Å²) in [7, 11) is 0. The van der Waals surface area contributed by atoms with Crippen LogP contribution in [0.3, 0.4) is 0 Å².